The molecular formula is C13H14BrNO4S2. The van der Waals surface area contributed by atoms with Crippen molar-refractivity contribution in [2.45, 2.75) is 36.9 Å². The molecule has 1 aliphatic carbocycles. The van der Waals surface area contributed by atoms with Gasteiger partial charge in [-0.2, -0.15) is 15.6 Å². The number of aliphatic hydroxyl groups excluding tert-OH is 1. The average molecular weight is 392 g/mol. The Balaban J connectivity index is 1.95. The first-order valence-corrected chi connectivity index (χ1v) is 9.62. The highest BCUT2D eigenvalue weighted by molar-refractivity contribution is 9.10. The van der Waals surface area contributed by atoms with Crippen LogP contribution in [0.15, 0.2) is 36.9 Å². The van der Waals surface area contributed by atoms with Crippen molar-refractivity contribution in [2.24, 2.45) is 0 Å². The number of furan rings is 1. The van der Waals surface area contributed by atoms with Crippen LogP contribution in [-0.2, 0) is 23.2 Å². The fourth-order valence-corrected chi connectivity index (χ4v) is 5.41. The zero-order chi connectivity index (χ0) is 15.0. The Labute approximate surface area is 135 Å². The summed E-state index contributed by atoms with van der Waals surface area (Å²) in [5.74, 6) is 0.228. The predicted molar refractivity (Wildman–Crippen MR) is 82.4 cm³/mol. The van der Waals surface area contributed by atoms with E-state index >= 15 is 0 Å². The molecule has 0 radical (unpaired) electrons. The third kappa shape index (κ3) is 3.09. The summed E-state index contributed by atoms with van der Waals surface area (Å²) in [4.78, 5) is 0.0775. The standard InChI is InChI=1S/C13H14BrNO4S2/c14-13-12(5-11(7-16)19-13)21(17,18)15(10-1-2-10)6-9-3-4-20-8-9/h3-5,8,10,16H,1-2,6-7H2. The van der Waals surface area contributed by atoms with Crippen LogP contribution in [0.4, 0.5) is 0 Å². The third-order valence-electron chi connectivity index (χ3n) is 3.32. The molecule has 2 aromatic rings. The minimum atomic E-state index is -3.65. The van der Waals surface area contributed by atoms with E-state index in [1.807, 2.05) is 16.8 Å². The molecule has 2 aromatic heterocycles. The molecule has 1 saturated carbocycles. The van der Waals surface area contributed by atoms with E-state index in [-0.39, 0.29) is 28.0 Å². The summed E-state index contributed by atoms with van der Waals surface area (Å²) in [5.41, 5.74) is 0.984. The largest absolute Gasteiger partial charge is 0.450 e. The van der Waals surface area contributed by atoms with Crippen LogP contribution in [0.1, 0.15) is 24.2 Å². The molecule has 1 aliphatic rings. The fourth-order valence-electron chi connectivity index (χ4n) is 2.11. The second kappa shape index (κ2) is 5.85. The summed E-state index contributed by atoms with van der Waals surface area (Å²) in [6.45, 7) is 0.0324. The molecule has 21 heavy (non-hydrogen) atoms. The first kappa shape index (κ1) is 15.2. The zero-order valence-corrected chi connectivity index (χ0v) is 14.2. The van der Waals surface area contributed by atoms with Gasteiger partial charge in [-0.25, -0.2) is 8.42 Å². The molecule has 2 heterocycles. The van der Waals surface area contributed by atoms with Gasteiger partial charge in [-0.15, -0.1) is 0 Å². The lowest BCUT2D eigenvalue weighted by atomic mass is 10.3. The molecule has 1 fully saturated rings. The SMILES string of the molecule is O=S(=O)(c1cc(CO)oc1Br)N(Cc1ccsc1)C1CC1. The van der Waals surface area contributed by atoms with Gasteiger partial charge in [-0.1, -0.05) is 0 Å². The van der Waals surface area contributed by atoms with Gasteiger partial charge in [0.1, 0.15) is 17.3 Å². The van der Waals surface area contributed by atoms with Crippen LogP contribution in [0, 0.1) is 0 Å². The Morgan fingerprint density at radius 3 is 2.76 bits per heavy atom. The second-order valence-electron chi connectivity index (χ2n) is 4.92. The van der Waals surface area contributed by atoms with Crippen molar-refractivity contribution in [3.8, 4) is 0 Å². The summed E-state index contributed by atoms with van der Waals surface area (Å²) >= 11 is 4.68. The topological polar surface area (TPSA) is 70.8 Å². The molecule has 0 aliphatic heterocycles. The fraction of sp³-hybridized carbons (Fsp3) is 0.385. The van der Waals surface area contributed by atoms with Gasteiger partial charge < -0.3 is 9.52 Å². The van der Waals surface area contributed by atoms with Gasteiger partial charge in [0.05, 0.1) is 0 Å². The minimum Gasteiger partial charge on any atom is -0.450 e. The number of rotatable bonds is 6. The highest BCUT2D eigenvalue weighted by Crippen LogP contribution is 2.37. The van der Waals surface area contributed by atoms with Gasteiger partial charge in [0.15, 0.2) is 4.67 Å². The van der Waals surface area contributed by atoms with E-state index in [1.54, 1.807) is 11.3 Å². The van der Waals surface area contributed by atoms with Crippen LogP contribution in [0.5, 0.6) is 0 Å². The molecule has 0 aromatic carbocycles. The summed E-state index contributed by atoms with van der Waals surface area (Å²) < 4.78 is 32.6. The van der Waals surface area contributed by atoms with E-state index in [9.17, 15) is 8.42 Å². The van der Waals surface area contributed by atoms with Gasteiger partial charge in [0.25, 0.3) is 0 Å². The molecule has 114 valence electrons. The molecule has 5 nitrogen and oxygen atoms in total. The average Bonchev–Trinajstić information content (AvgIpc) is 2.99. The van der Waals surface area contributed by atoms with E-state index in [2.05, 4.69) is 15.9 Å². The number of aliphatic hydroxyl groups is 1. The Morgan fingerprint density at radius 1 is 1.48 bits per heavy atom. The molecule has 0 bridgehead atoms. The number of hydrogen-bond donors (Lipinski definition) is 1. The maximum atomic E-state index is 12.8. The number of thiophene rings is 1. The number of hydrogen-bond acceptors (Lipinski definition) is 5. The van der Waals surface area contributed by atoms with Gasteiger partial charge >= 0.3 is 0 Å². The summed E-state index contributed by atoms with van der Waals surface area (Å²) in [5, 5.41) is 13.0. The van der Waals surface area contributed by atoms with Crippen molar-refractivity contribution >= 4 is 37.3 Å². The maximum Gasteiger partial charge on any atom is 0.248 e. The van der Waals surface area contributed by atoms with E-state index in [1.165, 1.54) is 10.4 Å². The van der Waals surface area contributed by atoms with E-state index in [0.717, 1.165) is 18.4 Å². The summed E-state index contributed by atoms with van der Waals surface area (Å²) in [6, 6.07) is 3.36. The maximum absolute atomic E-state index is 12.8. The molecule has 8 heteroatoms. The number of nitrogens with zero attached hydrogens (tertiary/aromatic N) is 1. The third-order valence-corrected chi connectivity index (χ3v) is 6.81. The van der Waals surface area contributed by atoms with Gasteiger partial charge in [0, 0.05) is 18.7 Å². The lowest BCUT2D eigenvalue weighted by molar-refractivity contribution is 0.245. The lowest BCUT2D eigenvalue weighted by Gasteiger charge is -2.20. The molecule has 1 N–H and O–H groups in total. The van der Waals surface area contributed by atoms with Crippen molar-refractivity contribution in [3.05, 3.63) is 38.9 Å². The summed E-state index contributed by atoms with van der Waals surface area (Å²) in [6.07, 6.45) is 1.76. The Kier molecular flexibility index (Phi) is 4.24. The van der Waals surface area contributed by atoms with E-state index < -0.39 is 10.0 Å². The molecule has 0 spiro atoms. The van der Waals surface area contributed by atoms with Crippen molar-refractivity contribution in [2.75, 3.05) is 0 Å². The van der Waals surface area contributed by atoms with Crippen molar-refractivity contribution < 1.29 is 17.9 Å². The molecule has 3 rings (SSSR count). The molecule has 0 unspecified atom stereocenters. The first-order valence-electron chi connectivity index (χ1n) is 6.44. The first-order chi connectivity index (χ1) is 10.0. The summed E-state index contributed by atoms with van der Waals surface area (Å²) in [7, 11) is -3.65. The Morgan fingerprint density at radius 2 is 2.24 bits per heavy atom. The quantitative estimate of drug-likeness (QED) is 0.821. The van der Waals surface area contributed by atoms with Crippen LogP contribution < -0.4 is 0 Å². The Bertz CT molecular complexity index is 719. The Hall–Kier alpha value is -0.670. The van der Waals surface area contributed by atoms with Crippen LogP contribution in [0.3, 0.4) is 0 Å². The number of sulfonamides is 1. The van der Waals surface area contributed by atoms with Crippen LogP contribution in [0.25, 0.3) is 0 Å². The van der Waals surface area contributed by atoms with Crippen LogP contribution in [0.2, 0.25) is 0 Å². The van der Waals surface area contributed by atoms with Crippen LogP contribution >= 0.6 is 27.3 Å². The van der Waals surface area contributed by atoms with Gasteiger partial charge in [0.2, 0.25) is 10.0 Å². The lowest BCUT2D eigenvalue weighted by Crippen LogP contribution is -2.32. The highest BCUT2D eigenvalue weighted by atomic mass is 79.9. The van der Waals surface area contributed by atoms with Crippen LogP contribution in [-0.4, -0.2) is 23.9 Å². The number of halogens is 1. The molecular weight excluding hydrogens is 378 g/mol. The van der Waals surface area contributed by atoms with Gasteiger partial charge in [-0.05, 0) is 51.2 Å². The minimum absolute atomic E-state index is 0.0503. The predicted octanol–water partition coefficient (Wildman–Crippen LogP) is 2.95. The zero-order valence-electron chi connectivity index (χ0n) is 11.0. The molecule has 0 saturated heterocycles. The normalized spacial score (nSPS) is 15.8. The smallest absolute Gasteiger partial charge is 0.248 e. The van der Waals surface area contributed by atoms with Crippen molar-refractivity contribution in [1.29, 1.82) is 0 Å². The monoisotopic (exact) mass is 391 g/mol. The van der Waals surface area contributed by atoms with Crippen molar-refractivity contribution in [3.63, 3.8) is 0 Å². The molecule has 0 atom stereocenters. The highest BCUT2D eigenvalue weighted by Gasteiger charge is 2.40. The van der Waals surface area contributed by atoms with E-state index in [4.69, 9.17) is 9.52 Å². The van der Waals surface area contributed by atoms with Gasteiger partial charge in [-0.3, -0.25) is 0 Å². The van der Waals surface area contributed by atoms with E-state index in [0.29, 0.717) is 6.54 Å². The molecule has 0 amide bonds. The van der Waals surface area contributed by atoms with Crippen molar-refractivity contribution in [1.82, 2.24) is 4.31 Å². The second-order valence-corrected chi connectivity index (χ2v) is 8.28.